The molecule has 1 spiro atoms. The lowest BCUT2D eigenvalue weighted by atomic mass is 9.28. The van der Waals surface area contributed by atoms with Gasteiger partial charge in [-0.05, 0) is 141 Å². The quantitative estimate of drug-likeness (QED) is 0.175. The van der Waals surface area contributed by atoms with E-state index >= 15 is 0 Å². The zero-order chi connectivity index (χ0) is 38.1. The number of carbonyl (C=O) groups is 1. The highest BCUT2D eigenvalue weighted by Gasteiger charge is 2.78. The average molecular weight is 735 g/mol. The molecular formula is C47H74O6. The van der Waals surface area contributed by atoms with Gasteiger partial charge < -0.3 is 24.8 Å². The van der Waals surface area contributed by atoms with Gasteiger partial charge in [0, 0.05) is 24.9 Å². The third kappa shape index (κ3) is 5.94. The molecule has 2 bridgehead atoms. The van der Waals surface area contributed by atoms with Crippen LogP contribution in [0.3, 0.4) is 0 Å². The molecule has 1 aliphatic heterocycles. The van der Waals surface area contributed by atoms with Crippen LogP contribution in [0.5, 0.6) is 0 Å². The first-order valence-electron chi connectivity index (χ1n) is 22.0. The van der Waals surface area contributed by atoms with Crippen molar-refractivity contribution in [1.29, 1.82) is 0 Å². The maximum absolute atomic E-state index is 12.9. The second kappa shape index (κ2) is 14.2. The first kappa shape index (κ1) is 39.8. The van der Waals surface area contributed by atoms with E-state index in [1.165, 1.54) is 56.1 Å². The van der Waals surface area contributed by atoms with Crippen LogP contribution < -0.4 is 0 Å². The van der Waals surface area contributed by atoms with Crippen LogP contribution in [0.1, 0.15) is 162 Å². The van der Waals surface area contributed by atoms with E-state index in [2.05, 4.69) is 58.9 Å². The summed E-state index contributed by atoms with van der Waals surface area (Å²) in [7, 11) is 1.75. The summed E-state index contributed by atoms with van der Waals surface area (Å²) in [5.41, 5.74) is 1.79. The zero-order valence-corrected chi connectivity index (χ0v) is 34.5. The van der Waals surface area contributed by atoms with E-state index < -0.39 is 23.3 Å². The number of hydrogen-bond donors (Lipinski definition) is 3. The van der Waals surface area contributed by atoms with E-state index in [0.717, 1.165) is 70.6 Å². The molecule has 5 saturated carbocycles. The van der Waals surface area contributed by atoms with Gasteiger partial charge in [0.1, 0.15) is 0 Å². The molecule has 298 valence electrons. The number of carboxylic acids is 1. The molecule has 6 heteroatoms. The molecular weight excluding hydrogens is 661 g/mol. The molecule has 1 aromatic rings. The van der Waals surface area contributed by atoms with Gasteiger partial charge in [0.25, 0.3) is 0 Å². The number of unbranched alkanes of at least 4 members (excludes halogenated alkanes) is 3. The largest absolute Gasteiger partial charge is 0.481 e. The molecule has 1 heterocycles. The summed E-state index contributed by atoms with van der Waals surface area (Å²) in [6.45, 7) is 15.0. The minimum Gasteiger partial charge on any atom is -0.481 e. The molecule has 6 nitrogen and oxygen atoms in total. The van der Waals surface area contributed by atoms with Crippen LogP contribution >= 0.6 is 0 Å². The molecule has 53 heavy (non-hydrogen) atoms. The molecule has 6 aliphatic rings. The van der Waals surface area contributed by atoms with E-state index in [4.69, 9.17) is 9.47 Å². The standard InChI is InChI=1S/C47H74O6/c1-8-10-11-12-20-45-27-25-43(5)35(44(45,6)26-24-41(3)22-23-42(4,40(49)50)31-37(41)45)18-21-46-36(13-9-2)47(51,30-34(48)39(43)46)53-38(46)29-33-16-14-32(15-17-33)19-28-52-7/h14-17,34-39,48,51H,8-13,18-31H2,1-7H3,(H,49,50). The van der Waals surface area contributed by atoms with E-state index in [1.807, 2.05) is 6.92 Å². The first-order chi connectivity index (χ1) is 25.1. The van der Waals surface area contributed by atoms with Crippen molar-refractivity contribution in [2.24, 2.45) is 56.2 Å². The number of ether oxygens (including phenoxy) is 2. The lowest BCUT2D eigenvalue weighted by molar-refractivity contribution is -0.293. The number of carboxylic acid groups (broad SMARTS) is 1. The van der Waals surface area contributed by atoms with Gasteiger partial charge in [-0.1, -0.05) is 91.0 Å². The summed E-state index contributed by atoms with van der Waals surface area (Å²) in [5.74, 6) is -1.000. The van der Waals surface area contributed by atoms with Gasteiger partial charge in [-0.15, -0.1) is 0 Å². The highest BCUT2D eigenvalue weighted by molar-refractivity contribution is 5.74. The van der Waals surface area contributed by atoms with Crippen molar-refractivity contribution in [2.45, 2.75) is 182 Å². The van der Waals surface area contributed by atoms with Gasteiger partial charge in [-0.25, -0.2) is 0 Å². The van der Waals surface area contributed by atoms with Crippen molar-refractivity contribution in [3.05, 3.63) is 35.4 Å². The number of aliphatic carboxylic acids is 1. The Bertz CT molecular complexity index is 1480. The Balaban J connectivity index is 1.29. The zero-order valence-electron chi connectivity index (χ0n) is 34.5. The monoisotopic (exact) mass is 735 g/mol. The van der Waals surface area contributed by atoms with Crippen molar-refractivity contribution in [3.8, 4) is 0 Å². The Morgan fingerprint density at radius 3 is 2.26 bits per heavy atom. The molecule has 1 aromatic carbocycles. The van der Waals surface area contributed by atoms with Crippen molar-refractivity contribution >= 4 is 5.97 Å². The van der Waals surface area contributed by atoms with Gasteiger partial charge in [0.2, 0.25) is 0 Å². The molecule has 0 amide bonds. The van der Waals surface area contributed by atoms with Crippen molar-refractivity contribution < 1.29 is 29.6 Å². The highest BCUT2D eigenvalue weighted by Crippen LogP contribution is 2.81. The van der Waals surface area contributed by atoms with Gasteiger partial charge in [-0.2, -0.15) is 0 Å². The predicted molar refractivity (Wildman–Crippen MR) is 210 cm³/mol. The number of methoxy groups -OCH3 is 1. The molecule has 13 unspecified atom stereocenters. The van der Waals surface area contributed by atoms with Gasteiger partial charge in [0.05, 0.1) is 24.2 Å². The van der Waals surface area contributed by atoms with Crippen LogP contribution in [0.25, 0.3) is 0 Å². The number of aliphatic hydroxyl groups excluding tert-OH is 1. The minimum absolute atomic E-state index is 0.00921. The van der Waals surface area contributed by atoms with Crippen LogP contribution in [0.4, 0.5) is 0 Å². The number of benzene rings is 1. The van der Waals surface area contributed by atoms with E-state index in [9.17, 15) is 20.1 Å². The molecule has 0 radical (unpaired) electrons. The first-order valence-corrected chi connectivity index (χ1v) is 22.0. The van der Waals surface area contributed by atoms with E-state index in [1.54, 1.807) is 7.11 Å². The molecule has 1 saturated heterocycles. The Morgan fingerprint density at radius 2 is 1.58 bits per heavy atom. The van der Waals surface area contributed by atoms with Crippen LogP contribution in [0.2, 0.25) is 0 Å². The summed E-state index contributed by atoms with van der Waals surface area (Å²) < 4.78 is 12.3. The Morgan fingerprint density at radius 1 is 0.868 bits per heavy atom. The Labute approximate surface area is 321 Å². The third-order valence-corrected chi connectivity index (χ3v) is 18.2. The maximum atomic E-state index is 12.9. The van der Waals surface area contributed by atoms with Crippen LogP contribution in [-0.4, -0.2) is 53.0 Å². The second-order valence-electron chi connectivity index (χ2n) is 20.7. The van der Waals surface area contributed by atoms with Crippen molar-refractivity contribution in [2.75, 3.05) is 13.7 Å². The minimum atomic E-state index is -1.30. The summed E-state index contributed by atoms with van der Waals surface area (Å²) in [6, 6.07) is 8.92. The maximum Gasteiger partial charge on any atom is 0.309 e. The fraction of sp³-hybridized carbons (Fsp3) is 0.851. The molecule has 0 aromatic heterocycles. The summed E-state index contributed by atoms with van der Waals surface area (Å²) in [4.78, 5) is 12.9. The summed E-state index contributed by atoms with van der Waals surface area (Å²) >= 11 is 0. The highest BCUT2D eigenvalue weighted by atomic mass is 16.6. The fourth-order valence-electron chi connectivity index (χ4n) is 15.6. The number of hydrogen-bond acceptors (Lipinski definition) is 5. The smallest absolute Gasteiger partial charge is 0.309 e. The number of rotatable bonds is 13. The van der Waals surface area contributed by atoms with Crippen LogP contribution in [0.15, 0.2) is 24.3 Å². The Hall–Kier alpha value is -1.47. The summed E-state index contributed by atoms with van der Waals surface area (Å²) in [6.07, 6.45) is 18.5. The lowest BCUT2D eigenvalue weighted by Crippen LogP contribution is -2.71. The fourth-order valence-corrected chi connectivity index (χ4v) is 15.6. The van der Waals surface area contributed by atoms with Crippen molar-refractivity contribution in [1.82, 2.24) is 0 Å². The Kier molecular flexibility index (Phi) is 10.6. The molecule has 6 fully saturated rings. The summed E-state index contributed by atoms with van der Waals surface area (Å²) in [5, 5.41) is 35.5. The molecule has 3 N–H and O–H groups in total. The van der Waals surface area contributed by atoms with Gasteiger partial charge >= 0.3 is 5.97 Å². The molecule has 13 atom stereocenters. The molecule has 7 rings (SSSR count). The van der Waals surface area contributed by atoms with Crippen molar-refractivity contribution in [3.63, 3.8) is 0 Å². The third-order valence-electron chi connectivity index (χ3n) is 18.2. The van der Waals surface area contributed by atoms with Crippen LogP contribution in [0, 0.1) is 56.2 Å². The van der Waals surface area contributed by atoms with Crippen LogP contribution in [-0.2, 0) is 27.1 Å². The topological polar surface area (TPSA) is 96.2 Å². The number of aliphatic hydroxyl groups is 2. The number of fused-ring (bicyclic) bond motifs is 7. The average Bonchev–Trinajstić information content (AvgIpc) is 3.26. The van der Waals surface area contributed by atoms with Gasteiger partial charge in [-0.3, -0.25) is 4.79 Å². The predicted octanol–water partition coefficient (Wildman–Crippen LogP) is 10.2. The van der Waals surface area contributed by atoms with Gasteiger partial charge in [0.15, 0.2) is 5.79 Å². The van der Waals surface area contributed by atoms with E-state index in [0.29, 0.717) is 24.9 Å². The normalized spacial score (nSPS) is 47.3. The molecule has 5 aliphatic carbocycles. The SMILES string of the molecule is CCCCCCC12CCC3(C)C4C(O)CC5(O)OC(Cc6ccc(CCOC)cc6)C4(CCC3C1(C)CCC1(C)CCC(C)(C(=O)O)CC12)C5CCC. The lowest BCUT2D eigenvalue weighted by Gasteiger charge is -2.76. The van der Waals surface area contributed by atoms with E-state index in [-0.39, 0.29) is 45.0 Å². The second-order valence-corrected chi connectivity index (χ2v) is 20.7.